The van der Waals surface area contributed by atoms with Crippen LogP contribution in [0.5, 0.6) is 0 Å². The molecular formula is C8H8N4O3. The van der Waals surface area contributed by atoms with Gasteiger partial charge in [0, 0.05) is 18.8 Å². The Hall–Kier alpha value is -2.27. The van der Waals surface area contributed by atoms with E-state index in [1.165, 1.54) is 24.4 Å². The molecule has 0 aliphatic carbocycles. The van der Waals surface area contributed by atoms with Gasteiger partial charge in [0.1, 0.15) is 0 Å². The molecule has 0 radical (unpaired) electrons. The summed E-state index contributed by atoms with van der Waals surface area (Å²) in [5, 5.41) is 13.3. The molecule has 1 rings (SSSR count). The first-order valence-electron chi connectivity index (χ1n) is 4.12. The van der Waals surface area contributed by atoms with E-state index in [9.17, 15) is 14.9 Å². The lowest BCUT2D eigenvalue weighted by Gasteiger charge is -2.02. The molecule has 0 saturated carbocycles. The van der Waals surface area contributed by atoms with Gasteiger partial charge in [-0.15, -0.1) is 0 Å². The summed E-state index contributed by atoms with van der Waals surface area (Å²) in [5.74, 6) is 0.170. The Kier molecular flexibility index (Phi) is 3.93. The second-order valence-electron chi connectivity index (χ2n) is 2.53. The highest BCUT2D eigenvalue weighted by molar-refractivity contribution is 5.55. The summed E-state index contributed by atoms with van der Waals surface area (Å²) in [4.78, 5) is 26.9. The second-order valence-corrected chi connectivity index (χ2v) is 2.53. The van der Waals surface area contributed by atoms with Crippen LogP contribution in [-0.4, -0.2) is 29.1 Å². The zero-order chi connectivity index (χ0) is 11.1. The molecule has 0 fully saturated rings. The average molecular weight is 208 g/mol. The van der Waals surface area contributed by atoms with Gasteiger partial charge in [0.15, 0.2) is 0 Å². The Morgan fingerprint density at radius 3 is 3.13 bits per heavy atom. The lowest BCUT2D eigenvalue weighted by Crippen LogP contribution is -2.08. The first-order valence-corrected chi connectivity index (χ1v) is 4.12. The predicted molar refractivity (Wildman–Crippen MR) is 52.4 cm³/mol. The van der Waals surface area contributed by atoms with Crippen molar-refractivity contribution in [3.05, 3.63) is 28.4 Å². The molecule has 0 bridgehead atoms. The Morgan fingerprint density at radius 2 is 2.47 bits per heavy atom. The molecule has 0 spiro atoms. The Labute approximate surface area is 85.0 Å². The second kappa shape index (κ2) is 5.46. The number of isocyanates is 1. The van der Waals surface area contributed by atoms with Crippen LogP contribution >= 0.6 is 0 Å². The summed E-state index contributed by atoms with van der Waals surface area (Å²) in [6.07, 6.45) is 2.81. The maximum Gasteiger partial charge on any atom is 0.311 e. The number of hydrogen-bond donors (Lipinski definition) is 1. The van der Waals surface area contributed by atoms with Crippen LogP contribution in [0.15, 0.2) is 23.3 Å². The van der Waals surface area contributed by atoms with E-state index in [0.29, 0.717) is 6.54 Å². The number of hydrogen-bond acceptors (Lipinski definition) is 6. The van der Waals surface area contributed by atoms with Crippen molar-refractivity contribution in [2.45, 2.75) is 0 Å². The fraction of sp³-hybridized carbons (Fsp3) is 0.250. The number of anilines is 1. The van der Waals surface area contributed by atoms with Crippen molar-refractivity contribution in [1.29, 1.82) is 0 Å². The third-order valence-electron chi connectivity index (χ3n) is 1.56. The molecule has 0 aliphatic rings. The van der Waals surface area contributed by atoms with Crippen LogP contribution in [0, 0.1) is 10.1 Å². The maximum absolute atomic E-state index is 10.6. The molecule has 0 saturated heterocycles. The van der Waals surface area contributed by atoms with Gasteiger partial charge in [0.25, 0.3) is 0 Å². The van der Waals surface area contributed by atoms with Crippen molar-refractivity contribution in [3.63, 3.8) is 0 Å². The summed E-state index contributed by atoms with van der Waals surface area (Å²) < 4.78 is 0. The highest BCUT2D eigenvalue weighted by Gasteiger charge is 2.12. The van der Waals surface area contributed by atoms with Crippen LogP contribution in [-0.2, 0) is 4.79 Å². The van der Waals surface area contributed by atoms with Crippen molar-refractivity contribution in [2.24, 2.45) is 4.99 Å². The van der Waals surface area contributed by atoms with Crippen molar-refractivity contribution >= 4 is 17.6 Å². The van der Waals surface area contributed by atoms with Crippen molar-refractivity contribution in [2.75, 3.05) is 18.4 Å². The number of aliphatic imine (C=N–C) groups is 1. The van der Waals surface area contributed by atoms with Crippen molar-refractivity contribution < 1.29 is 9.72 Å². The van der Waals surface area contributed by atoms with E-state index in [1.54, 1.807) is 0 Å². The van der Waals surface area contributed by atoms with Gasteiger partial charge in [-0.2, -0.15) is 0 Å². The quantitative estimate of drug-likeness (QED) is 0.253. The fourth-order valence-electron chi connectivity index (χ4n) is 0.956. The Bertz CT molecular complexity index is 401. The largest absolute Gasteiger partial charge is 0.362 e. The van der Waals surface area contributed by atoms with Gasteiger partial charge in [0.2, 0.25) is 11.9 Å². The molecule has 0 aliphatic heterocycles. The van der Waals surface area contributed by atoms with E-state index in [0.717, 1.165) is 0 Å². The molecule has 1 heterocycles. The maximum atomic E-state index is 10.6. The fourth-order valence-corrected chi connectivity index (χ4v) is 0.956. The number of nitrogens with one attached hydrogen (secondary N) is 1. The third kappa shape index (κ3) is 3.17. The van der Waals surface area contributed by atoms with Crippen LogP contribution in [0.1, 0.15) is 0 Å². The van der Waals surface area contributed by atoms with Gasteiger partial charge in [0.05, 0.1) is 11.5 Å². The minimum absolute atomic E-state index is 0.104. The van der Waals surface area contributed by atoms with Crippen LogP contribution < -0.4 is 5.32 Å². The highest BCUT2D eigenvalue weighted by Crippen LogP contribution is 2.19. The Morgan fingerprint density at radius 1 is 1.67 bits per heavy atom. The monoisotopic (exact) mass is 208 g/mol. The van der Waals surface area contributed by atoms with Gasteiger partial charge in [-0.1, -0.05) is 0 Å². The van der Waals surface area contributed by atoms with Gasteiger partial charge in [-0.25, -0.2) is 14.8 Å². The van der Waals surface area contributed by atoms with E-state index in [-0.39, 0.29) is 18.1 Å². The van der Waals surface area contributed by atoms with E-state index >= 15 is 0 Å². The highest BCUT2D eigenvalue weighted by atomic mass is 16.6. The number of aromatic nitrogens is 1. The minimum atomic E-state index is -0.529. The summed E-state index contributed by atoms with van der Waals surface area (Å²) in [6.45, 7) is 0.504. The van der Waals surface area contributed by atoms with E-state index in [2.05, 4.69) is 15.3 Å². The first kappa shape index (κ1) is 10.8. The number of nitrogens with zero attached hydrogens (tertiary/aromatic N) is 3. The van der Waals surface area contributed by atoms with Crippen LogP contribution in [0.4, 0.5) is 11.5 Å². The van der Waals surface area contributed by atoms with Crippen molar-refractivity contribution in [1.82, 2.24) is 4.98 Å². The molecule has 7 nitrogen and oxygen atoms in total. The molecule has 1 aromatic rings. The molecule has 0 aromatic carbocycles. The van der Waals surface area contributed by atoms with Gasteiger partial charge in [-0.05, 0) is 6.07 Å². The summed E-state index contributed by atoms with van der Waals surface area (Å²) >= 11 is 0. The smallest absolute Gasteiger partial charge is 0.311 e. The SMILES string of the molecule is O=C=NCCNc1ncccc1[N+](=O)[O-]. The molecule has 0 atom stereocenters. The third-order valence-corrected chi connectivity index (χ3v) is 1.56. The number of nitro groups is 1. The van der Waals surface area contributed by atoms with E-state index in [1.807, 2.05) is 0 Å². The first-order chi connectivity index (χ1) is 7.25. The van der Waals surface area contributed by atoms with Gasteiger partial charge >= 0.3 is 5.69 Å². The lowest BCUT2D eigenvalue weighted by molar-refractivity contribution is -0.384. The summed E-state index contributed by atoms with van der Waals surface area (Å²) in [5.41, 5.74) is -0.104. The van der Waals surface area contributed by atoms with Gasteiger partial charge in [-0.3, -0.25) is 10.1 Å². The van der Waals surface area contributed by atoms with E-state index < -0.39 is 4.92 Å². The minimum Gasteiger partial charge on any atom is -0.362 e. The summed E-state index contributed by atoms with van der Waals surface area (Å²) in [6, 6.07) is 2.82. The van der Waals surface area contributed by atoms with E-state index in [4.69, 9.17) is 0 Å². The Balaban J connectivity index is 2.67. The van der Waals surface area contributed by atoms with Crippen LogP contribution in [0.2, 0.25) is 0 Å². The standard InChI is InChI=1S/C8H8N4O3/c13-6-9-4-5-11-8-7(12(14)15)2-1-3-10-8/h1-3H,4-5H2,(H,10,11). The zero-order valence-corrected chi connectivity index (χ0v) is 7.71. The normalized spacial score (nSPS) is 9.07. The number of rotatable bonds is 5. The summed E-state index contributed by atoms with van der Waals surface area (Å²) in [7, 11) is 0. The molecule has 0 unspecified atom stereocenters. The van der Waals surface area contributed by atoms with Crippen LogP contribution in [0.25, 0.3) is 0 Å². The molecule has 78 valence electrons. The molecule has 7 heteroatoms. The topological polar surface area (TPSA) is 97.5 Å². The zero-order valence-electron chi connectivity index (χ0n) is 7.71. The van der Waals surface area contributed by atoms with Crippen LogP contribution in [0.3, 0.4) is 0 Å². The molecule has 15 heavy (non-hydrogen) atoms. The molecule has 1 aromatic heterocycles. The van der Waals surface area contributed by atoms with Gasteiger partial charge < -0.3 is 5.32 Å². The average Bonchev–Trinajstić information content (AvgIpc) is 2.25. The molecular weight excluding hydrogens is 200 g/mol. The number of pyridine rings is 1. The lowest BCUT2D eigenvalue weighted by atomic mass is 10.4. The predicted octanol–water partition coefficient (Wildman–Crippen LogP) is 0.737. The number of carbonyl (C=O) groups excluding carboxylic acids is 1. The molecule has 0 amide bonds. The molecule has 1 N–H and O–H groups in total. The van der Waals surface area contributed by atoms with Crippen molar-refractivity contribution in [3.8, 4) is 0 Å².